The van der Waals surface area contributed by atoms with Gasteiger partial charge in [-0.2, -0.15) is 0 Å². The summed E-state index contributed by atoms with van der Waals surface area (Å²) in [5.41, 5.74) is 2.03. The third-order valence-corrected chi connectivity index (χ3v) is 3.21. The van der Waals surface area contributed by atoms with Crippen LogP contribution in [0.4, 0.5) is 4.39 Å². The van der Waals surface area contributed by atoms with Gasteiger partial charge in [-0.3, -0.25) is 0 Å². The van der Waals surface area contributed by atoms with Crippen LogP contribution in [0.25, 0.3) is 10.8 Å². The molecule has 0 N–H and O–H groups in total. The number of fused-ring (bicyclic) bond motifs is 1. The van der Waals surface area contributed by atoms with Crippen molar-refractivity contribution in [2.45, 2.75) is 39.5 Å². The largest absolute Gasteiger partial charge is 0.207 e. The molecule has 0 atom stereocenters. The maximum Gasteiger partial charge on any atom is 0.127 e. The molecule has 2 rings (SSSR count). The quantitative estimate of drug-likeness (QED) is 0.647. The lowest BCUT2D eigenvalue weighted by Crippen LogP contribution is -1.91. The molecule has 0 aliphatic rings. The zero-order chi connectivity index (χ0) is 12.3. The van der Waals surface area contributed by atoms with Gasteiger partial charge in [-0.15, -0.1) is 0 Å². The molecular formula is C16H19F. The van der Waals surface area contributed by atoms with E-state index < -0.39 is 0 Å². The zero-order valence-electron chi connectivity index (χ0n) is 10.6. The average Bonchev–Trinajstić information content (AvgIpc) is 2.30. The molecule has 1 heteroatoms. The Morgan fingerprint density at radius 2 is 1.82 bits per heavy atom. The molecule has 0 spiro atoms. The summed E-state index contributed by atoms with van der Waals surface area (Å²) < 4.78 is 13.9. The van der Waals surface area contributed by atoms with Crippen molar-refractivity contribution in [3.63, 3.8) is 0 Å². The molecule has 0 aromatic heterocycles. The summed E-state index contributed by atoms with van der Waals surface area (Å²) in [5.74, 6) is -0.0563. The average molecular weight is 230 g/mol. The van der Waals surface area contributed by atoms with Gasteiger partial charge in [0.15, 0.2) is 0 Å². The molecule has 0 nitrogen and oxygen atoms in total. The topological polar surface area (TPSA) is 0 Å². The van der Waals surface area contributed by atoms with Crippen LogP contribution < -0.4 is 0 Å². The molecule has 0 aliphatic heterocycles. The van der Waals surface area contributed by atoms with E-state index in [1.807, 2.05) is 19.1 Å². The number of aryl methyl sites for hydroxylation is 2. The van der Waals surface area contributed by atoms with E-state index in [0.717, 1.165) is 29.2 Å². The Labute approximate surface area is 102 Å². The fraction of sp³-hybridized carbons (Fsp3) is 0.375. The van der Waals surface area contributed by atoms with E-state index >= 15 is 0 Å². The van der Waals surface area contributed by atoms with Crippen LogP contribution >= 0.6 is 0 Å². The molecule has 2 aromatic carbocycles. The number of hydrogen-bond donors (Lipinski definition) is 0. The lowest BCUT2D eigenvalue weighted by atomic mass is 10.0. The van der Waals surface area contributed by atoms with Crippen molar-refractivity contribution < 1.29 is 4.39 Å². The number of rotatable bonds is 4. The molecule has 0 bridgehead atoms. The summed E-state index contributed by atoms with van der Waals surface area (Å²) in [6.07, 6.45) is 4.27. The van der Waals surface area contributed by atoms with Crippen LogP contribution in [0, 0.1) is 12.7 Å². The molecule has 17 heavy (non-hydrogen) atoms. The minimum absolute atomic E-state index is 0.0563. The van der Waals surface area contributed by atoms with Crippen LogP contribution in [0.2, 0.25) is 0 Å². The van der Waals surface area contributed by atoms with Crippen LogP contribution in [0.5, 0.6) is 0 Å². The van der Waals surface area contributed by atoms with E-state index in [0.29, 0.717) is 0 Å². The van der Waals surface area contributed by atoms with Crippen molar-refractivity contribution in [1.82, 2.24) is 0 Å². The first kappa shape index (κ1) is 12.1. The predicted molar refractivity (Wildman–Crippen MR) is 71.9 cm³/mol. The Balaban J connectivity index is 2.31. The Hall–Kier alpha value is -1.37. The van der Waals surface area contributed by atoms with Gasteiger partial charge in [0.25, 0.3) is 0 Å². The first-order valence-electron chi connectivity index (χ1n) is 6.39. The number of hydrogen-bond acceptors (Lipinski definition) is 0. The van der Waals surface area contributed by atoms with Gasteiger partial charge >= 0.3 is 0 Å². The van der Waals surface area contributed by atoms with Crippen LogP contribution in [-0.4, -0.2) is 0 Å². The highest BCUT2D eigenvalue weighted by Gasteiger charge is 2.04. The summed E-state index contributed by atoms with van der Waals surface area (Å²) in [6, 6.07) is 9.86. The second-order valence-corrected chi connectivity index (χ2v) is 4.75. The van der Waals surface area contributed by atoms with E-state index in [1.165, 1.54) is 18.4 Å². The second-order valence-electron chi connectivity index (χ2n) is 4.75. The minimum Gasteiger partial charge on any atom is -0.207 e. The Morgan fingerprint density at radius 1 is 1.00 bits per heavy atom. The van der Waals surface area contributed by atoms with Crippen LogP contribution in [0.3, 0.4) is 0 Å². The van der Waals surface area contributed by atoms with Crippen molar-refractivity contribution in [3.8, 4) is 0 Å². The van der Waals surface area contributed by atoms with Crippen molar-refractivity contribution in [2.75, 3.05) is 0 Å². The molecule has 0 aliphatic carbocycles. The normalized spacial score (nSPS) is 11.0. The summed E-state index contributed by atoms with van der Waals surface area (Å²) >= 11 is 0. The Morgan fingerprint density at radius 3 is 2.59 bits per heavy atom. The highest BCUT2D eigenvalue weighted by molar-refractivity contribution is 5.84. The highest BCUT2D eigenvalue weighted by Crippen LogP contribution is 2.22. The fourth-order valence-electron chi connectivity index (χ4n) is 2.19. The standard InChI is InChI=1S/C16H19F/c1-3-4-5-6-14-10-13-8-7-12(2)9-15(13)11-16(14)17/h7-11H,3-6H2,1-2H3. The third kappa shape index (κ3) is 2.85. The molecule has 0 unspecified atom stereocenters. The SMILES string of the molecule is CCCCCc1cc2ccc(C)cc2cc1F. The van der Waals surface area contributed by atoms with E-state index in [2.05, 4.69) is 19.1 Å². The van der Waals surface area contributed by atoms with Crippen molar-refractivity contribution in [2.24, 2.45) is 0 Å². The zero-order valence-corrected chi connectivity index (χ0v) is 10.6. The van der Waals surface area contributed by atoms with E-state index in [4.69, 9.17) is 0 Å². The molecule has 2 aromatic rings. The highest BCUT2D eigenvalue weighted by atomic mass is 19.1. The second kappa shape index (κ2) is 5.31. The predicted octanol–water partition coefficient (Wildman–Crippen LogP) is 5.02. The third-order valence-electron chi connectivity index (χ3n) is 3.21. The smallest absolute Gasteiger partial charge is 0.127 e. The van der Waals surface area contributed by atoms with Crippen molar-refractivity contribution in [1.29, 1.82) is 0 Å². The van der Waals surface area contributed by atoms with Crippen LogP contribution in [0.1, 0.15) is 37.3 Å². The molecule has 0 saturated heterocycles. The molecule has 0 amide bonds. The maximum atomic E-state index is 13.9. The van der Waals surface area contributed by atoms with Crippen LogP contribution in [0.15, 0.2) is 30.3 Å². The molecule has 90 valence electrons. The Bertz CT molecular complexity index is 514. The van der Waals surface area contributed by atoms with Gasteiger partial charge in [0.2, 0.25) is 0 Å². The maximum absolute atomic E-state index is 13.9. The fourth-order valence-corrected chi connectivity index (χ4v) is 2.19. The number of benzene rings is 2. The van der Waals surface area contributed by atoms with Gasteiger partial charge in [-0.25, -0.2) is 4.39 Å². The van der Waals surface area contributed by atoms with Crippen molar-refractivity contribution >= 4 is 10.8 Å². The summed E-state index contributed by atoms with van der Waals surface area (Å²) in [5, 5.41) is 2.14. The van der Waals surface area contributed by atoms with Gasteiger partial charge in [-0.05, 0) is 48.2 Å². The first-order chi connectivity index (χ1) is 8.20. The summed E-state index contributed by atoms with van der Waals surface area (Å²) in [7, 11) is 0. The summed E-state index contributed by atoms with van der Waals surface area (Å²) in [4.78, 5) is 0. The van der Waals surface area contributed by atoms with Gasteiger partial charge in [0.1, 0.15) is 5.82 Å². The monoisotopic (exact) mass is 230 g/mol. The molecule has 0 saturated carbocycles. The molecule has 0 radical (unpaired) electrons. The Kier molecular flexibility index (Phi) is 3.78. The number of unbranched alkanes of at least 4 members (excludes halogenated alkanes) is 2. The van der Waals surface area contributed by atoms with Crippen LogP contribution in [-0.2, 0) is 6.42 Å². The van der Waals surface area contributed by atoms with E-state index in [-0.39, 0.29) is 5.82 Å². The van der Waals surface area contributed by atoms with Gasteiger partial charge in [-0.1, -0.05) is 43.5 Å². The molecular weight excluding hydrogens is 211 g/mol. The first-order valence-corrected chi connectivity index (χ1v) is 6.39. The lowest BCUT2D eigenvalue weighted by molar-refractivity contribution is 0.601. The van der Waals surface area contributed by atoms with E-state index in [9.17, 15) is 4.39 Å². The molecule has 0 heterocycles. The lowest BCUT2D eigenvalue weighted by Gasteiger charge is -2.06. The molecule has 0 fully saturated rings. The van der Waals surface area contributed by atoms with E-state index in [1.54, 1.807) is 6.07 Å². The van der Waals surface area contributed by atoms with Gasteiger partial charge in [0, 0.05) is 0 Å². The summed E-state index contributed by atoms with van der Waals surface area (Å²) in [6.45, 7) is 4.20. The number of halogens is 1. The van der Waals surface area contributed by atoms with Gasteiger partial charge in [0.05, 0.1) is 0 Å². The van der Waals surface area contributed by atoms with Crippen molar-refractivity contribution in [3.05, 3.63) is 47.3 Å². The minimum atomic E-state index is -0.0563. The van der Waals surface area contributed by atoms with Gasteiger partial charge < -0.3 is 0 Å².